The molecule has 1 spiro atoms. The lowest BCUT2D eigenvalue weighted by molar-refractivity contribution is 0.437. The van der Waals surface area contributed by atoms with Crippen molar-refractivity contribution in [3.05, 3.63) is 198 Å². The minimum Gasteiger partial charge on any atom is -0.457 e. The lowest BCUT2D eigenvalue weighted by Crippen LogP contribution is -2.32. The second-order valence-electron chi connectivity index (χ2n) is 14.0. The maximum Gasteiger partial charge on any atom is 0.159 e. The van der Waals surface area contributed by atoms with Crippen molar-refractivity contribution in [1.82, 2.24) is 0 Å². The molecule has 3 heterocycles. The van der Waals surface area contributed by atoms with Crippen molar-refractivity contribution in [2.75, 3.05) is 4.90 Å². The topological polar surface area (TPSA) is 25.6 Å². The predicted molar refractivity (Wildman–Crippen MR) is 219 cm³/mol. The monoisotopic (exact) mass is 695 g/mol. The van der Waals surface area contributed by atoms with Crippen molar-refractivity contribution in [2.24, 2.45) is 0 Å². The zero-order valence-corrected chi connectivity index (χ0v) is 29.2. The molecule has 8 aromatic carbocycles. The van der Waals surface area contributed by atoms with Crippen LogP contribution in [0.5, 0.6) is 11.5 Å². The molecule has 0 N–H and O–H groups in total. The van der Waals surface area contributed by atoms with E-state index in [-0.39, 0.29) is 0 Å². The summed E-state index contributed by atoms with van der Waals surface area (Å²) in [5.41, 5.74) is 11.5. The largest absolute Gasteiger partial charge is 0.457 e. The lowest BCUT2D eigenvalue weighted by atomic mass is 9.66. The summed E-state index contributed by atoms with van der Waals surface area (Å²) in [6.45, 7) is 0. The van der Waals surface area contributed by atoms with E-state index in [1.54, 1.807) is 0 Å². The Bertz CT molecular complexity index is 3070. The average molecular weight is 696 g/mol. The fraction of sp³-hybridized carbons (Fsp3) is 0.0204. The molecule has 0 fully saturated rings. The Kier molecular flexibility index (Phi) is 5.86. The Balaban J connectivity index is 1.12. The molecule has 0 saturated carbocycles. The standard InChI is InChI=1S/C49H29NO2S/c1-2-13-30(14-3-1)50(31-25-26-35-34-17-6-11-24-46(34)53-47(35)27-31)42-22-12-18-36-37-28-45-41(29-44(37)52-48(36)42)49(40-21-9-10-23-43(40)51-45)38-19-7-4-15-32(38)33-16-5-8-20-39(33)49/h1-29H. The van der Waals surface area contributed by atoms with Gasteiger partial charge in [-0.1, -0.05) is 121 Å². The van der Waals surface area contributed by atoms with Gasteiger partial charge in [-0.2, -0.15) is 0 Å². The van der Waals surface area contributed by atoms with E-state index in [0.29, 0.717) is 0 Å². The molecular weight excluding hydrogens is 667 g/mol. The van der Waals surface area contributed by atoms with Gasteiger partial charge in [0.05, 0.1) is 11.1 Å². The second kappa shape index (κ2) is 10.7. The third-order valence-electron chi connectivity index (χ3n) is 11.3. The van der Waals surface area contributed by atoms with Crippen molar-refractivity contribution < 1.29 is 9.15 Å². The van der Waals surface area contributed by atoms with Crippen LogP contribution in [0.4, 0.5) is 17.1 Å². The highest BCUT2D eigenvalue weighted by Crippen LogP contribution is 2.62. The van der Waals surface area contributed by atoms with Crippen LogP contribution < -0.4 is 9.64 Å². The lowest BCUT2D eigenvalue weighted by Gasteiger charge is -2.39. The smallest absolute Gasteiger partial charge is 0.159 e. The van der Waals surface area contributed by atoms with Crippen LogP contribution in [0, 0.1) is 0 Å². The van der Waals surface area contributed by atoms with E-state index in [0.717, 1.165) is 61.6 Å². The molecule has 2 aromatic heterocycles. The third-order valence-corrected chi connectivity index (χ3v) is 12.5. The van der Waals surface area contributed by atoms with E-state index in [4.69, 9.17) is 9.15 Å². The summed E-state index contributed by atoms with van der Waals surface area (Å²) in [7, 11) is 0. The normalized spacial score (nSPS) is 13.6. The van der Waals surface area contributed by atoms with Gasteiger partial charge in [-0.15, -0.1) is 11.3 Å². The number of para-hydroxylation sites is 3. The molecule has 10 aromatic rings. The highest BCUT2D eigenvalue weighted by molar-refractivity contribution is 7.25. The van der Waals surface area contributed by atoms with Gasteiger partial charge in [0, 0.05) is 53.4 Å². The van der Waals surface area contributed by atoms with E-state index in [9.17, 15) is 0 Å². The number of thiophene rings is 1. The molecule has 12 rings (SSSR count). The first-order valence-corrected chi connectivity index (χ1v) is 18.8. The van der Waals surface area contributed by atoms with Crippen molar-refractivity contribution in [3.63, 3.8) is 0 Å². The molecule has 0 unspecified atom stereocenters. The zero-order chi connectivity index (χ0) is 34.7. The number of nitrogens with zero attached hydrogens (tertiary/aromatic N) is 1. The van der Waals surface area contributed by atoms with Crippen LogP contribution in [0.2, 0.25) is 0 Å². The predicted octanol–water partition coefficient (Wildman–Crippen LogP) is 13.9. The molecular formula is C49H29NO2S. The number of hydrogen-bond acceptors (Lipinski definition) is 4. The first-order chi connectivity index (χ1) is 26.3. The summed E-state index contributed by atoms with van der Waals surface area (Å²) < 4.78 is 16.5. The summed E-state index contributed by atoms with van der Waals surface area (Å²) >= 11 is 1.84. The Morgan fingerprint density at radius 1 is 0.434 bits per heavy atom. The highest BCUT2D eigenvalue weighted by Gasteiger charge is 2.51. The van der Waals surface area contributed by atoms with Gasteiger partial charge >= 0.3 is 0 Å². The first-order valence-electron chi connectivity index (χ1n) is 18.0. The highest BCUT2D eigenvalue weighted by atomic mass is 32.1. The fourth-order valence-corrected chi connectivity index (χ4v) is 10.3. The van der Waals surface area contributed by atoms with Gasteiger partial charge in [0.1, 0.15) is 17.1 Å². The van der Waals surface area contributed by atoms with Crippen LogP contribution in [0.25, 0.3) is 53.2 Å². The molecule has 1 aliphatic carbocycles. The van der Waals surface area contributed by atoms with Crippen LogP contribution in [-0.2, 0) is 5.41 Å². The number of anilines is 3. The van der Waals surface area contributed by atoms with E-state index in [1.807, 2.05) is 11.3 Å². The molecule has 248 valence electrons. The number of fused-ring (bicyclic) bond motifs is 15. The fourth-order valence-electron chi connectivity index (χ4n) is 9.16. The van der Waals surface area contributed by atoms with Crippen molar-refractivity contribution in [1.29, 1.82) is 0 Å². The molecule has 0 amide bonds. The zero-order valence-electron chi connectivity index (χ0n) is 28.4. The van der Waals surface area contributed by atoms with Crippen LogP contribution in [0.15, 0.2) is 180 Å². The first kappa shape index (κ1) is 29.0. The Morgan fingerprint density at radius 2 is 1.11 bits per heavy atom. The number of furan rings is 1. The van der Waals surface area contributed by atoms with Gasteiger partial charge in [0.2, 0.25) is 0 Å². The number of ether oxygens (including phenoxy) is 1. The maximum absolute atomic E-state index is 7.08. The van der Waals surface area contributed by atoms with Gasteiger partial charge in [-0.3, -0.25) is 0 Å². The minimum atomic E-state index is -0.552. The van der Waals surface area contributed by atoms with Crippen LogP contribution >= 0.6 is 11.3 Å². The minimum absolute atomic E-state index is 0.552. The summed E-state index contributed by atoms with van der Waals surface area (Å²) in [6, 6.07) is 63.2. The molecule has 4 heteroatoms. The molecule has 0 radical (unpaired) electrons. The number of rotatable bonds is 3. The quantitative estimate of drug-likeness (QED) is 0.184. The van der Waals surface area contributed by atoms with E-state index in [2.05, 4.69) is 181 Å². The van der Waals surface area contributed by atoms with Gasteiger partial charge < -0.3 is 14.1 Å². The SMILES string of the molecule is c1ccc(N(c2ccc3c(c2)sc2ccccc23)c2cccc3c2oc2cc4c(cc23)Oc2ccccc2C42c3ccccc3-c3ccccc32)cc1. The van der Waals surface area contributed by atoms with Crippen LogP contribution in [-0.4, -0.2) is 0 Å². The van der Waals surface area contributed by atoms with Gasteiger partial charge in [0.15, 0.2) is 5.58 Å². The summed E-state index contributed by atoms with van der Waals surface area (Å²) in [5.74, 6) is 1.73. The van der Waals surface area contributed by atoms with E-state index in [1.165, 1.54) is 42.4 Å². The second-order valence-corrected chi connectivity index (χ2v) is 15.1. The summed E-state index contributed by atoms with van der Waals surface area (Å²) in [5, 5.41) is 4.65. The molecule has 3 nitrogen and oxygen atoms in total. The van der Waals surface area contributed by atoms with Gasteiger partial charge in [0.25, 0.3) is 0 Å². The molecule has 53 heavy (non-hydrogen) atoms. The Morgan fingerprint density at radius 3 is 1.94 bits per heavy atom. The van der Waals surface area contributed by atoms with Crippen LogP contribution in [0.1, 0.15) is 22.3 Å². The third kappa shape index (κ3) is 3.88. The van der Waals surface area contributed by atoms with E-state index >= 15 is 0 Å². The van der Waals surface area contributed by atoms with Crippen molar-refractivity contribution in [2.45, 2.75) is 5.41 Å². The Hall–Kier alpha value is -6.62. The molecule has 2 aliphatic rings. The number of hydrogen-bond donors (Lipinski definition) is 0. The summed E-state index contributed by atoms with van der Waals surface area (Å²) in [6.07, 6.45) is 0. The summed E-state index contributed by atoms with van der Waals surface area (Å²) in [4.78, 5) is 2.33. The number of benzene rings is 8. The van der Waals surface area contributed by atoms with Crippen molar-refractivity contribution in [3.8, 4) is 22.6 Å². The molecule has 0 bridgehead atoms. The average Bonchev–Trinajstić information content (AvgIpc) is 3.87. The van der Waals surface area contributed by atoms with Gasteiger partial charge in [-0.05, 0) is 76.9 Å². The molecule has 1 aliphatic heterocycles. The maximum atomic E-state index is 7.08. The van der Waals surface area contributed by atoms with Gasteiger partial charge in [-0.25, -0.2) is 0 Å². The van der Waals surface area contributed by atoms with Crippen LogP contribution in [0.3, 0.4) is 0 Å². The molecule has 0 saturated heterocycles. The van der Waals surface area contributed by atoms with E-state index < -0.39 is 5.41 Å². The van der Waals surface area contributed by atoms with Crippen molar-refractivity contribution >= 4 is 70.5 Å². The molecule has 0 atom stereocenters. The Labute approximate surface area is 309 Å².